The van der Waals surface area contributed by atoms with Crippen molar-refractivity contribution in [3.05, 3.63) is 42.7 Å². The lowest BCUT2D eigenvalue weighted by Crippen LogP contribution is -2.50. The number of amides is 1. The van der Waals surface area contributed by atoms with Crippen molar-refractivity contribution in [1.29, 1.82) is 0 Å². The van der Waals surface area contributed by atoms with Crippen molar-refractivity contribution < 1.29 is 14.3 Å². The molecule has 1 aliphatic rings. The number of piperazine rings is 1. The zero-order chi connectivity index (χ0) is 17.5. The molecule has 1 fully saturated rings. The number of nitrogens with zero attached hydrogens (tertiary/aromatic N) is 4. The summed E-state index contributed by atoms with van der Waals surface area (Å²) in [7, 11) is 1.61. The second-order valence-electron chi connectivity index (χ2n) is 5.96. The van der Waals surface area contributed by atoms with Gasteiger partial charge >= 0.3 is 0 Å². The maximum atomic E-state index is 12.3. The molecule has 7 heteroatoms. The summed E-state index contributed by atoms with van der Waals surface area (Å²) < 4.78 is 12.7. The van der Waals surface area contributed by atoms with Gasteiger partial charge in [0.25, 0.3) is 5.91 Å². The van der Waals surface area contributed by atoms with E-state index in [0.29, 0.717) is 5.75 Å². The maximum Gasteiger partial charge on any atom is 0.260 e. The average Bonchev–Trinajstić information content (AvgIpc) is 3.18. The van der Waals surface area contributed by atoms with Crippen LogP contribution in [0.1, 0.15) is 0 Å². The number of methoxy groups -OCH3 is 1. The van der Waals surface area contributed by atoms with Gasteiger partial charge in [0.05, 0.1) is 13.7 Å². The minimum Gasteiger partial charge on any atom is -0.497 e. The van der Waals surface area contributed by atoms with Gasteiger partial charge in [-0.3, -0.25) is 14.4 Å². The third-order valence-corrected chi connectivity index (χ3v) is 4.33. The number of aromatic nitrogens is 2. The SMILES string of the molecule is COc1cccc(OCC(=O)N2CCN(CCn3cccn3)CC2)c1. The number of rotatable bonds is 7. The van der Waals surface area contributed by atoms with Gasteiger partial charge in [0.2, 0.25) is 0 Å². The van der Waals surface area contributed by atoms with Crippen LogP contribution in [-0.4, -0.2) is 71.9 Å². The van der Waals surface area contributed by atoms with E-state index in [-0.39, 0.29) is 12.5 Å². The Bertz CT molecular complexity index is 667. The third kappa shape index (κ3) is 4.96. The highest BCUT2D eigenvalue weighted by atomic mass is 16.5. The van der Waals surface area contributed by atoms with Crippen molar-refractivity contribution >= 4 is 5.91 Å². The predicted octanol–water partition coefficient (Wildman–Crippen LogP) is 1.11. The molecule has 0 atom stereocenters. The van der Waals surface area contributed by atoms with E-state index in [1.54, 1.807) is 19.4 Å². The first-order valence-electron chi connectivity index (χ1n) is 8.49. The Morgan fingerprint density at radius 2 is 1.92 bits per heavy atom. The van der Waals surface area contributed by atoms with Gasteiger partial charge in [-0.05, 0) is 18.2 Å². The zero-order valence-electron chi connectivity index (χ0n) is 14.5. The smallest absolute Gasteiger partial charge is 0.260 e. The van der Waals surface area contributed by atoms with Crippen LogP contribution in [0.4, 0.5) is 0 Å². The Balaban J connectivity index is 1.39. The molecule has 2 aromatic rings. The topological polar surface area (TPSA) is 59.8 Å². The van der Waals surface area contributed by atoms with Gasteiger partial charge < -0.3 is 14.4 Å². The van der Waals surface area contributed by atoms with E-state index >= 15 is 0 Å². The summed E-state index contributed by atoms with van der Waals surface area (Å²) in [6, 6.07) is 9.22. The van der Waals surface area contributed by atoms with Crippen LogP contribution >= 0.6 is 0 Å². The summed E-state index contributed by atoms with van der Waals surface area (Å²) >= 11 is 0. The van der Waals surface area contributed by atoms with Gasteiger partial charge in [0, 0.05) is 51.2 Å². The van der Waals surface area contributed by atoms with E-state index in [1.807, 2.05) is 40.0 Å². The first kappa shape index (κ1) is 17.3. The van der Waals surface area contributed by atoms with Crippen molar-refractivity contribution in [3.63, 3.8) is 0 Å². The average molecular weight is 344 g/mol. The van der Waals surface area contributed by atoms with Gasteiger partial charge in [0.15, 0.2) is 6.61 Å². The molecule has 1 aromatic carbocycles. The summed E-state index contributed by atoms with van der Waals surface area (Å²) in [6.07, 6.45) is 3.76. The van der Waals surface area contributed by atoms with Gasteiger partial charge in [0.1, 0.15) is 11.5 Å². The molecule has 134 valence electrons. The van der Waals surface area contributed by atoms with Crippen LogP contribution in [0, 0.1) is 0 Å². The fourth-order valence-electron chi connectivity index (χ4n) is 2.82. The molecule has 25 heavy (non-hydrogen) atoms. The molecule has 0 aliphatic carbocycles. The molecular formula is C18H24N4O3. The molecule has 0 bridgehead atoms. The molecule has 0 N–H and O–H groups in total. The molecule has 1 amide bonds. The zero-order valence-corrected chi connectivity index (χ0v) is 14.5. The number of carbonyl (C=O) groups is 1. The number of hydrogen-bond acceptors (Lipinski definition) is 5. The van der Waals surface area contributed by atoms with Crippen LogP contribution in [0.15, 0.2) is 42.7 Å². The van der Waals surface area contributed by atoms with Gasteiger partial charge in [-0.2, -0.15) is 5.10 Å². The minimum absolute atomic E-state index is 0.0227. The summed E-state index contributed by atoms with van der Waals surface area (Å²) in [4.78, 5) is 16.5. The fourth-order valence-corrected chi connectivity index (χ4v) is 2.82. The first-order valence-corrected chi connectivity index (χ1v) is 8.49. The monoisotopic (exact) mass is 344 g/mol. The number of benzene rings is 1. The molecule has 0 spiro atoms. The Hall–Kier alpha value is -2.54. The van der Waals surface area contributed by atoms with Crippen molar-refractivity contribution in [2.45, 2.75) is 6.54 Å². The Morgan fingerprint density at radius 1 is 1.12 bits per heavy atom. The maximum absolute atomic E-state index is 12.3. The first-order chi connectivity index (χ1) is 12.2. The molecule has 0 unspecified atom stereocenters. The largest absolute Gasteiger partial charge is 0.497 e. The lowest BCUT2D eigenvalue weighted by molar-refractivity contribution is -0.135. The van der Waals surface area contributed by atoms with Crippen LogP contribution in [0.3, 0.4) is 0 Å². The van der Waals surface area contributed by atoms with Crippen LogP contribution in [-0.2, 0) is 11.3 Å². The molecule has 1 aromatic heterocycles. The van der Waals surface area contributed by atoms with Gasteiger partial charge in [-0.1, -0.05) is 6.07 Å². The van der Waals surface area contributed by atoms with Crippen LogP contribution in [0.5, 0.6) is 11.5 Å². The summed E-state index contributed by atoms with van der Waals surface area (Å²) in [5, 5.41) is 4.21. The second-order valence-corrected chi connectivity index (χ2v) is 5.96. The van der Waals surface area contributed by atoms with E-state index in [4.69, 9.17) is 9.47 Å². The normalized spacial score (nSPS) is 15.2. The summed E-state index contributed by atoms with van der Waals surface area (Å²) in [6.45, 7) is 5.11. The van der Waals surface area contributed by atoms with E-state index in [9.17, 15) is 4.79 Å². The van der Waals surface area contributed by atoms with Gasteiger partial charge in [-0.15, -0.1) is 0 Å². The summed E-state index contributed by atoms with van der Waals surface area (Å²) in [5.74, 6) is 1.39. The van der Waals surface area contributed by atoms with E-state index < -0.39 is 0 Å². The van der Waals surface area contributed by atoms with E-state index in [2.05, 4.69) is 10.00 Å². The molecule has 1 aliphatic heterocycles. The highest BCUT2D eigenvalue weighted by Crippen LogP contribution is 2.18. The Morgan fingerprint density at radius 3 is 2.64 bits per heavy atom. The highest BCUT2D eigenvalue weighted by molar-refractivity contribution is 5.77. The standard InChI is InChI=1S/C18H24N4O3/c1-24-16-4-2-5-17(14-16)25-15-18(23)21-11-8-20(9-12-21)10-13-22-7-3-6-19-22/h2-7,14H,8-13,15H2,1H3. The van der Waals surface area contributed by atoms with E-state index in [1.165, 1.54) is 0 Å². The molecule has 1 saturated heterocycles. The molecule has 0 radical (unpaired) electrons. The molecule has 3 rings (SSSR count). The Labute approximate surface area is 147 Å². The minimum atomic E-state index is 0.0227. The molecular weight excluding hydrogens is 320 g/mol. The van der Waals surface area contributed by atoms with Crippen LogP contribution < -0.4 is 9.47 Å². The Kier molecular flexibility index (Phi) is 5.90. The number of hydrogen-bond donors (Lipinski definition) is 0. The van der Waals surface area contributed by atoms with Crippen LogP contribution in [0.25, 0.3) is 0 Å². The van der Waals surface area contributed by atoms with Crippen LogP contribution in [0.2, 0.25) is 0 Å². The highest BCUT2D eigenvalue weighted by Gasteiger charge is 2.21. The fraction of sp³-hybridized carbons (Fsp3) is 0.444. The van der Waals surface area contributed by atoms with Crippen molar-refractivity contribution in [1.82, 2.24) is 19.6 Å². The second kappa shape index (κ2) is 8.53. The lowest BCUT2D eigenvalue weighted by atomic mass is 10.3. The van der Waals surface area contributed by atoms with Crippen molar-refractivity contribution in [3.8, 4) is 11.5 Å². The number of ether oxygens (including phenoxy) is 2. The lowest BCUT2D eigenvalue weighted by Gasteiger charge is -2.34. The van der Waals surface area contributed by atoms with E-state index in [0.717, 1.165) is 45.0 Å². The van der Waals surface area contributed by atoms with Gasteiger partial charge in [-0.25, -0.2) is 0 Å². The quantitative estimate of drug-likeness (QED) is 0.753. The van der Waals surface area contributed by atoms with Crippen molar-refractivity contribution in [2.75, 3.05) is 46.4 Å². The predicted molar refractivity (Wildman–Crippen MR) is 93.7 cm³/mol. The van der Waals surface area contributed by atoms with Crippen molar-refractivity contribution in [2.24, 2.45) is 0 Å². The molecule has 2 heterocycles. The third-order valence-electron chi connectivity index (χ3n) is 4.33. The summed E-state index contributed by atoms with van der Waals surface area (Å²) in [5.41, 5.74) is 0. The number of carbonyl (C=O) groups excluding carboxylic acids is 1. The molecule has 7 nitrogen and oxygen atoms in total. The molecule has 0 saturated carbocycles.